The second kappa shape index (κ2) is 12.9. The number of nitrogens with two attached hydrogens (primary N) is 1. The molecule has 0 aromatic carbocycles. The Morgan fingerprint density at radius 1 is 0.893 bits per heavy atom. The Labute approximate surface area is 175 Å². The summed E-state index contributed by atoms with van der Waals surface area (Å²) in [6.45, 7) is 4.94. The van der Waals surface area contributed by atoms with Gasteiger partial charge in [-0.25, -0.2) is 4.79 Å². The number of hydrogen-bond acceptors (Lipinski definition) is 8. The van der Waals surface area contributed by atoms with Crippen molar-refractivity contribution in [1.29, 1.82) is 0 Å². The highest BCUT2D eigenvalue weighted by molar-refractivity contribution is 7.80. The first kappa shape index (κ1) is 26.5. The van der Waals surface area contributed by atoms with E-state index in [0.717, 1.165) is 0 Å². The number of carbonyl (C=O) groups excluding carboxylic acids is 3. The van der Waals surface area contributed by atoms with E-state index in [2.05, 4.69) is 41.2 Å². The van der Waals surface area contributed by atoms with Crippen LogP contribution >= 0.6 is 25.3 Å². The molecule has 7 N–H and O–H groups in total. The lowest BCUT2D eigenvalue weighted by Gasteiger charge is -2.26. The molecule has 162 valence electrons. The number of nitrogens with one attached hydrogen (secondary N) is 3. The van der Waals surface area contributed by atoms with Crippen LogP contribution in [0.5, 0.6) is 0 Å². The lowest BCUT2D eigenvalue weighted by Crippen LogP contribution is -2.60. The maximum absolute atomic E-state index is 12.6. The first-order valence-electron chi connectivity index (χ1n) is 8.73. The maximum Gasteiger partial charge on any atom is 0.327 e. The first-order chi connectivity index (χ1) is 12.9. The van der Waals surface area contributed by atoms with Crippen LogP contribution in [0.15, 0.2) is 0 Å². The van der Waals surface area contributed by atoms with Gasteiger partial charge in [0, 0.05) is 11.5 Å². The molecule has 0 aliphatic carbocycles. The molecule has 0 spiro atoms. The smallest absolute Gasteiger partial charge is 0.327 e. The van der Waals surface area contributed by atoms with Crippen LogP contribution in [-0.4, -0.2) is 75.7 Å². The van der Waals surface area contributed by atoms with Gasteiger partial charge in [-0.3, -0.25) is 14.4 Å². The van der Waals surface area contributed by atoms with Gasteiger partial charge < -0.3 is 31.9 Å². The van der Waals surface area contributed by atoms with E-state index in [1.165, 1.54) is 6.92 Å². The number of carboxylic acid groups (broad SMARTS) is 1. The minimum absolute atomic E-state index is 0.00692. The van der Waals surface area contributed by atoms with E-state index < -0.39 is 54.0 Å². The van der Waals surface area contributed by atoms with Crippen LogP contribution in [0.3, 0.4) is 0 Å². The summed E-state index contributed by atoms with van der Waals surface area (Å²) in [5, 5.41) is 26.0. The van der Waals surface area contributed by atoms with E-state index in [1.807, 2.05) is 13.8 Å². The van der Waals surface area contributed by atoms with Crippen molar-refractivity contribution in [2.45, 2.75) is 57.5 Å². The molecular weight excluding hydrogens is 408 g/mol. The Bertz CT molecular complexity index is 561. The Morgan fingerprint density at radius 2 is 1.43 bits per heavy atom. The van der Waals surface area contributed by atoms with Crippen LogP contribution in [0, 0.1) is 5.92 Å². The average molecular weight is 439 g/mol. The molecule has 0 saturated carbocycles. The van der Waals surface area contributed by atoms with Crippen LogP contribution < -0.4 is 21.7 Å². The Hall–Kier alpha value is -1.50. The van der Waals surface area contributed by atoms with Crippen molar-refractivity contribution < 1.29 is 29.4 Å². The Balaban J connectivity index is 5.31. The number of hydrogen-bond donors (Lipinski definition) is 8. The van der Waals surface area contributed by atoms with Crippen molar-refractivity contribution in [2.24, 2.45) is 11.7 Å². The van der Waals surface area contributed by atoms with E-state index in [-0.39, 0.29) is 23.8 Å². The van der Waals surface area contributed by atoms with E-state index in [9.17, 15) is 24.3 Å². The van der Waals surface area contributed by atoms with Crippen molar-refractivity contribution in [2.75, 3.05) is 11.5 Å². The molecule has 0 saturated heterocycles. The van der Waals surface area contributed by atoms with Crippen LogP contribution in [0.1, 0.15) is 27.2 Å². The number of thiol groups is 2. The molecule has 0 aliphatic rings. The fraction of sp³-hybridized carbons (Fsp3) is 0.750. The summed E-state index contributed by atoms with van der Waals surface area (Å²) < 4.78 is 0. The van der Waals surface area contributed by atoms with Crippen LogP contribution in [0.25, 0.3) is 0 Å². The van der Waals surface area contributed by atoms with Crippen LogP contribution in [-0.2, 0) is 19.2 Å². The largest absolute Gasteiger partial charge is 0.480 e. The van der Waals surface area contributed by atoms with Crippen molar-refractivity contribution >= 4 is 48.9 Å². The SMILES string of the molecule is CC(C)CC(NC(=O)C(NC(=O)C(N)CS)C(C)O)C(=O)NC(CS)C(=O)O. The molecule has 5 atom stereocenters. The third kappa shape index (κ3) is 9.13. The van der Waals surface area contributed by atoms with Crippen molar-refractivity contribution in [3.05, 3.63) is 0 Å². The Kier molecular flexibility index (Phi) is 12.2. The molecule has 0 fully saturated rings. The van der Waals surface area contributed by atoms with Gasteiger partial charge in [-0.15, -0.1) is 0 Å². The maximum atomic E-state index is 12.6. The van der Waals surface area contributed by atoms with Gasteiger partial charge in [0.1, 0.15) is 18.1 Å². The van der Waals surface area contributed by atoms with Crippen LogP contribution in [0.4, 0.5) is 0 Å². The van der Waals surface area contributed by atoms with Gasteiger partial charge in [-0.1, -0.05) is 13.8 Å². The van der Waals surface area contributed by atoms with Crippen molar-refractivity contribution in [1.82, 2.24) is 16.0 Å². The summed E-state index contributed by atoms with van der Waals surface area (Å²) in [6, 6.07) is -4.60. The predicted octanol–water partition coefficient (Wildman–Crippen LogP) is -1.86. The fourth-order valence-corrected chi connectivity index (χ4v) is 2.58. The highest BCUT2D eigenvalue weighted by Gasteiger charge is 2.32. The molecule has 10 nitrogen and oxygen atoms in total. The highest BCUT2D eigenvalue weighted by atomic mass is 32.1. The zero-order valence-corrected chi connectivity index (χ0v) is 17.9. The summed E-state index contributed by atoms with van der Waals surface area (Å²) in [6.07, 6.45) is -1.05. The van der Waals surface area contributed by atoms with E-state index in [0.29, 0.717) is 0 Å². The molecule has 0 aromatic rings. The summed E-state index contributed by atoms with van der Waals surface area (Å²) in [7, 11) is 0. The number of aliphatic hydroxyl groups is 1. The molecular formula is C16H30N4O6S2. The van der Waals surface area contributed by atoms with Gasteiger partial charge in [0.05, 0.1) is 12.1 Å². The zero-order chi connectivity index (χ0) is 22.0. The van der Waals surface area contributed by atoms with E-state index in [4.69, 9.17) is 10.8 Å². The molecule has 0 aliphatic heterocycles. The first-order valence-corrected chi connectivity index (χ1v) is 10.00. The lowest BCUT2D eigenvalue weighted by molar-refractivity contribution is -0.141. The van der Waals surface area contributed by atoms with Crippen molar-refractivity contribution in [3.63, 3.8) is 0 Å². The minimum Gasteiger partial charge on any atom is -0.480 e. The lowest BCUT2D eigenvalue weighted by atomic mass is 10.0. The number of rotatable bonds is 12. The number of aliphatic hydroxyl groups excluding tert-OH is 1. The average Bonchev–Trinajstić information content (AvgIpc) is 2.61. The van der Waals surface area contributed by atoms with Gasteiger partial charge in [0.25, 0.3) is 0 Å². The summed E-state index contributed by atoms with van der Waals surface area (Å²) in [5.41, 5.74) is 5.55. The second-order valence-electron chi connectivity index (χ2n) is 6.79. The number of carbonyl (C=O) groups is 4. The normalized spacial score (nSPS) is 16.4. The molecule has 0 heterocycles. The van der Waals surface area contributed by atoms with E-state index in [1.54, 1.807) is 0 Å². The summed E-state index contributed by atoms with van der Waals surface area (Å²) in [4.78, 5) is 48.0. The fourth-order valence-electron chi connectivity index (χ4n) is 2.17. The molecule has 0 rings (SSSR count). The summed E-state index contributed by atoms with van der Waals surface area (Å²) >= 11 is 7.78. The molecule has 12 heteroatoms. The van der Waals surface area contributed by atoms with Gasteiger partial charge in [-0.05, 0) is 19.3 Å². The third-order valence-corrected chi connectivity index (χ3v) is 4.49. The number of carboxylic acids is 1. The van der Waals surface area contributed by atoms with E-state index >= 15 is 0 Å². The van der Waals surface area contributed by atoms with Gasteiger partial charge >= 0.3 is 5.97 Å². The molecule has 5 unspecified atom stereocenters. The second-order valence-corrected chi connectivity index (χ2v) is 7.52. The topological polar surface area (TPSA) is 171 Å². The molecule has 0 radical (unpaired) electrons. The minimum atomic E-state index is -1.35. The predicted molar refractivity (Wildman–Crippen MR) is 110 cm³/mol. The van der Waals surface area contributed by atoms with Crippen molar-refractivity contribution in [3.8, 4) is 0 Å². The molecule has 3 amide bonds. The molecule has 0 bridgehead atoms. The monoisotopic (exact) mass is 438 g/mol. The molecule has 0 aromatic heterocycles. The third-order valence-electron chi connectivity index (χ3n) is 3.73. The number of amides is 3. The van der Waals surface area contributed by atoms with Gasteiger partial charge in [-0.2, -0.15) is 25.3 Å². The van der Waals surface area contributed by atoms with Crippen LogP contribution in [0.2, 0.25) is 0 Å². The quantitative estimate of drug-likeness (QED) is 0.165. The highest BCUT2D eigenvalue weighted by Crippen LogP contribution is 2.07. The molecule has 28 heavy (non-hydrogen) atoms. The number of aliphatic carboxylic acids is 1. The zero-order valence-electron chi connectivity index (χ0n) is 16.1. The summed E-state index contributed by atoms with van der Waals surface area (Å²) in [5.74, 6) is -3.53. The Morgan fingerprint density at radius 3 is 1.82 bits per heavy atom. The van der Waals surface area contributed by atoms with Gasteiger partial charge in [0.2, 0.25) is 17.7 Å². The standard InChI is InChI=1S/C16H30N4O6S2/c1-7(2)4-10(14(23)19-11(6-28)16(25)26)18-15(24)12(8(3)21)20-13(22)9(17)5-27/h7-12,21,27-28H,4-6,17H2,1-3H3,(H,18,24)(H,19,23)(H,20,22)(H,25,26). The van der Waals surface area contributed by atoms with Gasteiger partial charge in [0.15, 0.2) is 0 Å².